The summed E-state index contributed by atoms with van der Waals surface area (Å²) in [5.74, 6) is -1.28. The molecule has 0 saturated heterocycles. The second-order valence-corrected chi connectivity index (χ2v) is 5.53. The molecule has 5 nitrogen and oxygen atoms in total. The van der Waals surface area contributed by atoms with Crippen LogP contribution in [0, 0.1) is 5.41 Å². The van der Waals surface area contributed by atoms with E-state index in [9.17, 15) is 14.7 Å². The van der Waals surface area contributed by atoms with E-state index in [-0.39, 0.29) is 23.5 Å². The molecule has 0 radical (unpaired) electrons. The second kappa shape index (κ2) is 4.06. The number of hydrogen-bond donors (Lipinski definition) is 2. The van der Waals surface area contributed by atoms with E-state index in [0.29, 0.717) is 5.57 Å². The summed E-state index contributed by atoms with van der Waals surface area (Å²) in [7, 11) is 0. The minimum Gasteiger partial charge on any atom is -0.478 e. The lowest BCUT2D eigenvalue weighted by molar-refractivity contribution is -0.126. The zero-order valence-electron chi connectivity index (χ0n) is 11.1. The molecule has 0 aliphatic heterocycles. The van der Waals surface area contributed by atoms with Gasteiger partial charge < -0.3 is 14.6 Å². The van der Waals surface area contributed by atoms with Gasteiger partial charge >= 0.3 is 5.97 Å². The number of hydrogen-bond acceptors (Lipinski definition) is 4. The fraction of sp³-hybridized carbons (Fsp3) is 0.429. The normalized spacial score (nSPS) is 26.1. The number of furan rings is 1. The molecule has 1 aromatic rings. The van der Waals surface area contributed by atoms with Gasteiger partial charge in [0.05, 0.1) is 6.26 Å². The molecule has 0 bridgehead atoms. The van der Waals surface area contributed by atoms with Crippen LogP contribution in [-0.4, -0.2) is 22.0 Å². The molecule has 19 heavy (non-hydrogen) atoms. The summed E-state index contributed by atoms with van der Waals surface area (Å²) in [6.07, 6.45) is 2.70. The molecule has 1 aromatic heterocycles. The number of carbonyl (C=O) groups is 2. The molecule has 5 heteroatoms. The smallest absolute Gasteiger partial charge is 0.339 e. The molecule has 1 aliphatic rings. The number of rotatable bonds is 2. The largest absolute Gasteiger partial charge is 0.478 e. The Morgan fingerprint density at radius 2 is 2.05 bits per heavy atom. The van der Waals surface area contributed by atoms with Crippen molar-refractivity contribution in [3.05, 3.63) is 35.3 Å². The van der Waals surface area contributed by atoms with Gasteiger partial charge in [-0.15, -0.1) is 0 Å². The number of carbonyl (C=O) groups excluding carboxylic acids is 1. The highest BCUT2D eigenvalue weighted by atomic mass is 16.4. The van der Waals surface area contributed by atoms with Crippen LogP contribution in [-0.2, 0) is 10.4 Å². The molecule has 1 aliphatic carbocycles. The van der Waals surface area contributed by atoms with E-state index < -0.39 is 17.0 Å². The molecule has 0 aromatic carbocycles. The molecule has 1 atom stereocenters. The zero-order chi connectivity index (χ0) is 14.4. The van der Waals surface area contributed by atoms with Gasteiger partial charge in [0.2, 0.25) is 0 Å². The highest BCUT2D eigenvalue weighted by Crippen LogP contribution is 2.50. The lowest BCUT2D eigenvalue weighted by Gasteiger charge is -2.44. The van der Waals surface area contributed by atoms with Crippen LogP contribution in [0.1, 0.15) is 43.3 Å². The molecule has 0 amide bonds. The highest BCUT2D eigenvalue weighted by Gasteiger charge is 2.53. The van der Waals surface area contributed by atoms with E-state index >= 15 is 0 Å². The Morgan fingerprint density at radius 3 is 2.58 bits per heavy atom. The summed E-state index contributed by atoms with van der Waals surface area (Å²) in [4.78, 5) is 22.8. The van der Waals surface area contributed by atoms with Crippen molar-refractivity contribution >= 4 is 11.8 Å². The third-order valence-corrected chi connectivity index (χ3v) is 3.77. The quantitative estimate of drug-likeness (QED) is 0.854. The molecule has 1 heterocycles. The maximum Gasteiger partial charge on any atom is 0.339 e. The minimum atomic E-state index is -1.60. The van der Waals surface area contributed by atoms with E-state index in [1.807, 2.05) is 0 Å². The van der Waals surface area contributed by atoms with Crippen LogP contribution < -0.4 is 0 Å². The second-order valence-electron chi connectivity index (χ2n) is 5.53. The number of carboxylic acids is 1. The Morgan fingerprint density at radius 1 is 1.42 bits per heavy atom. The molecule has 1 unspecified atom stereocenters. The van der Waals surface area contributed by atoms with Gasteiger partial charge in [-0.3, -0.25) is 4.79 Å². The van der Waals surface area contributed by atoms with Gasteiger partial charge in [0.15, 0.2) is 11.5 Å². The Balaban J connectivity index is 2.69. The molecule has 0 saturated carbocycles. The first-order chi connectivity index (χ1) is 8.70. The van der Waals surface area contributed by atoms with Crippen LogP contribution in [0.15, 0.2) is 28.4 Å². The van der Waals surface area contributed by atoms with E-state index in [2.05, 4.69) is 0 Å². The summed E-state index contributed by atoms with van der Waals surface area (Å²) in [5, 5.41) is 20.1. The van der Waals surface area contributed by atoms with Crippen LogP contribution in [0.5, 0.6) is 0 Å². The number of carboxylic acid groups (broad SMARTS) is 1. The fourth-order valence-electron chi connectivity index (χ4n) is 2.74. The summed E-state index contributed by atoms with van der Waals surface area (Å²) in [5.41, 5.74) is -2.13. The average Bonchev–Trinajstić information content (AvgIpc) is 2.73. The lowest BCUT2D eigenvalue weighted by atomic mass is 9.63. The maximum absolute atomic E-state index is 11.6. The fourth-order valence-corrected chi connectivity index (χ4v) is 2.74. The van der Waals surface area contributed by atoms with Crippen molar-refractivity contribution in [2.24, 2.45) is 5.41 Å². The first-order valence-corrected chi connectivity index (χ1v) is 5.95. The third kappa shape index (κ3) is 1.81. The zero-order valence-corrected chi connectivity index (χ0v) is 11.1. The maximum atomic E-state index is 11.6. The van der Waals surface area contributed by atoms with Gasteiger partial charge in [-0.1, -0.05) is 13.8 Å². The van der Waals surface area contributed by atoms with Crippen molar-refractivity contribution in [1.29, 1.82) is 0 Å². The third-order valence-electron chi connectivity index (χ3n) is 3.77. The first kappa shape index (κ1) is 13.5. The van der Waals surface area contributed by atoms with E-state index in [4.69, 9.17) is 9.52 Å². The number of aromatic carboxylic acids is 1. The molecule has 0 fully saturated rings. The topological polar surface area (TPSA) is 87.7 Å². The first-order valence-electron chi connectivity index (χ1n) is 5.95. The van der Waals surface area contributed by atoms with Crippen molar-refractivity contribution < 1.29 is 24.2 Å². The lowest BCUT2D eigenvalue weighted by Crippen LogP contribution is -2.47. The molecule has 2 rings (SSSR count). The van der Waals surface area contributed by atoms with Crippen molar-refractivity contribution in [1.82, 2.24) is 0 Å². The van der Waals surface area contributed by atoms with Gasteiger partial charge in [-0.2, -0.15) is 0 Å². The van der Waals surface area contributed by atoms with Crippen LogP contribution in [0.2, 0.25) is 0 Å². The Hall–Kier alpha value is -1.88. The average molecular weight is 264 g/mol. The SMILES string of the molecule is CC1=CC(=O)CC(C)(C)C1(O)c1occc1C(=O)O. The van der Waals surface area contributed by atoms with Crippen LogP contribution in [0.4, 0.5) is 0 Å². The van der Waals surface area contributed by atoms with Crippen LogP contribution in [0.3, 0.4) is 0 Å². The standard InChI is InChI=1S/C14H16O5/c1-8-6-9(15)7-13(2,3)14(8,18)11-10(12(16)17)4-5-19-11/h4-6,18H,7H2,1-3H3,(H,16,17). The summed E-state index contributed by atoms with van der Waals surface area (Å²) in [6.45, 7) is 5.04. The van der Waals surface area contributed by atoms with Gasteiger partial charge in [0.25, 0.3) is 0 Å². The molecule has 2 N–H and O–H groups in total. The van der Waals surface area contributed by atoms with Crippen molar-refractivity contribution in [3.63, 3.8) is 0 Å². The van der Waals surface area contributed by atoms with Gasteiger partial charge in [-0.25, -0.2) is 4.79 Å². The van der Waals surface area contributed by atoms with Gasteiger partial charge in [-0.05, 0) is 24.6 Å². The minimum absolute atomic E-state index is 0.0220. The van der Waals surface area contributed by atoms with Crippen molar-refractivity contribution in [2.45, 2.75) is 32.8 Å². The monoisotopic (exact) mass is 264 g/mol. The summed E-state index contributed by atoms with van der Waals surface area (Å²) < 4.78 is 5.23. The predicted molar refractivity (Wildman–Crippen MR) is 66.7 cm³/mol. The van der Waals surface area contributed by atoms with Crippen molar-refractivity contribution in [2.75, 3.05) is 0 Å². The van der Waals surface area contributed by atoms with E-state index in [1.54, 1.807) is 20.8 Å². The van der Waals surface area contributed by atoms with E-state index in [0.717, 1.165) is 0 Å². The van der Waals surface area contributed by atoms with Crippen molar-refractivity contribution in [3.8, 4) is 0 Å². The number of allylic oxidation sites excluding steroid dienone is 1. The summed E-state index contributed by atoms with van der Waals surface area (Å²) in [6, 6.07) is 1.30. The Labute approximate surface area is 110 Å². The van der Waals surface area contributed by atoms with Crippen LogP contribution in [0.25, 0.3) is 0 Å². The number of ketones is 1. The number of aliphatic hydroxyl groups is 1. The predicted octanol–water partition coefficient (Wildman–Crippen LogP) is 2.11. The molecular formula is C14H16O5. The van der Waals surface area contributed by atoms with E-state index in [1.165, 1.54) is 18.4 Å². The summed E-state index contributed by atoms with van der Waals surface area (Å²) >= 11 is 0. The molecule has 0 spiro atoms. The Kier molecular flexibility index (Phi) is 2.90. The highest BCUT2D eigenvalue weighted by molar-refractivity contribution is 5.93. The van der Waals surface area contributed by atoms with Gasteiger partial charge in [0.1, 0.15) is 11.2 Å². The molecular weight excluding hydrogens is 248 g/mol. The Bertz CT molecular complexity index is 578. The van der Waals surface area contributed by atoms with Crippen LogP contribution >= 0.6 is 0 Å². The molecule has 102 valence electrons. The van der Waals surface area contributed by atoms with Gasteiger partial charge in [0, 0.05) is 11.8 Å².